The first-order valence-electron chi connectivity index (χ1n) is 8.58. The average molecular weight is 403 g/mol. The van der Waals surface area contributed by atoms with E-state index in [1.54, 1.807) is 0 Å². The van der Waals surface area contributed by atoms with Crippen LogP contribution in [0.4, 0.5) is 0 Å². The zero-order chi connectivity index (χ0) is 19.0. The Kier molecular flexibility index (Phi) is 4.85. The third-order valence-electron chi connectivity index (χ3n) is 4.87. The molecule has 0 amide bonds. The van der Waals surface area contributed by atoms with Gasteiger partial charge < -0.3 is 4.74 Å². The molecule has 1 heterocycles. The molecule has 2 atom stereocenters. The molecule has 0 aliphatic heterocycles. The number of tetrazole rings is 1. The molecule has 0 saturated carbocycles. The van der Waals surface area contributed by atoms with E-state index in [1.807, 2.05) is 43.3 Å². The molecule has 27 heavy (non-hydrogen) atoms. The lowest BCUT2D eigenvalue weighted by molar-refractivity contribution is 0.0926. The van der Waals surface area contributed by atoms with Crippen LogP contribution in [-0.4, -0.2) is 26.4 Å². The molecule has 2 unspecified atom stereocenters. The van der Waals surface area contributed by atoms with E-state index in [-0.39, 0.29) is 34.3 Å². The number of halogens is 2. The highest BCUT2D eigenvalue weighted by Crippen LogP contribution is 2.50. The molecule has 1 aromatic heterocycles. The maximum absolute atomic E-state index is 13.0. The van der Waals surface area contributed by atoms with Crippen molar-refractivity contribution in [1.82, 2.24) is 20.6 Å². The predicted octanol–water partition coefficient (Wildman–Crippen LogP) is 4.44. The van der Waals surface area contributed by atoms with Gasteiger partial charge in [0.1, 0.15) is 10.8 Å². The number of carbonyl (C=O) groups excluding carboxylic acids is 1. The molecule has 138 valence electrons. The minimum absolute atomic E-state index is 0.0259. The van der Waals surface area contributed by atoms with Crippen LogP contribution in [0.2, 0.25) is 10.0 Å². The summed E-state index contributed by atoms with van der Waals surface area (Å²) in [5, 5.41) is 14.0. The molecule has 0 bridgehead atoms. The van der Waals surface area contributed by atoms with Gasteiger partial charge in [0.25, 0.3) is 0 Å². The van der Waals surface area contributed by atoms with Crippen molar-refractivity contribution in [3.05, 3.63) is 69.0 Å². The summed E-state index contributed by atoms with van der Waals surface area (Å²) in [6.07, 6.45) is 0.708. The Morgan fingerprint density at radius 1 is 1.19 bits per heavy atom. The van der Waals surface area contributed by atoms with E-state index in [0.29, 0.717) is 23.6 Å². The van der Waals surface area contributed by atoms with Gasteiger partial charge in [0.05, 0.1) is 5.02 Å². The Balaban J connectivity index is 1.79. The van der Waals surface area contributed by atoms with Crippen LogP contribution in [0, 0.1) is 5.92 Å². The number of aromatic amines is 1. The predicted molar refractivity (Wildman–Crippen MR) is 101 cm³/mol. The van der Waals surface area contributed by atoms with Crippen molar-refractivity contribution in [2.45, 2.75) is 25.9 Å². The number of H-pyrrole nitrogens is 1. The summed E-state index contributed by atoms with van der Waals surface area (Å²) in [6, 6.07) is 11.8. The first-order valence-corrected chi connectivity index (χ1v) is 9.33. The highest BCUT2D eigenvalue weighted by Gasteiger charge is 2.42. The number of fused-ring (bicyclic) bond motifs is 1. The molecule has 0 radical (unpaired) electrons. The van der Waals surface area contributed by atoms with Crippen LogP contribution in [-0.2, 0) is 6.61 Å². The number of ether oxygens (including phenoxy) is 1. The normalized spacial score (nSPS) is 18.6. The van der Waals surface area contributed by atoms with Gasteiger partial charge >= 0.3 is 0 Å². The van der Waals surface area contributed by atoms with Gasteiger partial charge in [-0.05, 0) is 23.6 Å². The smallest absolute Gasteiger partial charge is 0.211 e. The van der Waals surface area contributed by atoms with Gasteiger partial charge in [-0.25, -0.2) is 0 Å². The number of nitrogens with one attached hydrogen (secondary N) is 1. The van der Waals surface area contributed by atoms with Gasteiger partial charge in [-0.1, -0.05) is 65.7 Å². The summed E-state index contributed by atoms with van der Waals surface area (Å²) >= 11 is 12.9. The molecule has 1 aliphatic carbocycles. The van der Waals surface area contributed by atoms with E-state index in [2.05, 4.69) is 20.6 Å². The van der Waals surface area contributed by atoms with Crippen LogP contribution in [0.1, 0.15) is 46.6 Å². The van der Waals surface area contributed by atoms with Gasteiger partial charge in [0.2, 0.25) is 5.82 Å². The first-order chi connectivity index (χ1) is 13.1. The molecule has 8 heteroatoms. The zero-order valence-corrected chi connectivity index (χ0v) is 16.0. The highest BCUT2D eigenvalue weighted by molar-refractivity contribution is 6.45. The Hall–Kier alpha value is -2.44. The molecule has 0 saturated heterocycles. The van der Waals surface area contributed by atoms with Crippen molar-refractivity contribution < 1.29 is 9.53 Å². The van der Waals surface area contributed by atoms with Gasteiger partial charge in [-0.2, -0.15) is 5.21 Å². The number of rotatable bonds is 5. The maximum Gasteiger partial charge on any atom is 0.211 e. The van der Waals surface area contributed by atoms with Crippen molar-refractivity contribution in [2.75, 3.05) is 0 Å². The van der Waals surface area contributed by atoms with Gasteiger partial charge in [-0.3, -0.25) is 4.79 Å². The third kappa shape index (κ3) is 3.09. The van der Waals surface area contributed by atoms with E-state index in [0.717, 1.165) is 11.1 Å². The summed E-state index contributed by atoms with van der Waals surface area (Å²) in [4.78, 5) is 13.0. The van der Waals surface area contributed by atoms with E-state index in [1.165, 1.54) is 0 Å². The van der Waals surface area contributed by atoms with Crippen molar-refractivity contribution in [2.24, 2.45) is 5.92 Å². The molecule has 1 aliphatic rings. The van der Waals surface area contributed by atoms with Crippen LogP contribution in [0.3, 0.4) is 0 Å². The first kappa shape index (κ1) is 17.9. The SMILES string of the molecule is CCC1C(=O)c2c(cc(OCc3nn[nH]n3)c(Cl)c2Cl)C1c1ccccc1. The van der Waals surface area contributed by atoms with Gasteiger partial charge in [0, 0.05) is 17.4 Å². The number of hydrogen-bond acceptors (Lipinski definition) is 5. The lowest BCUT2D eigenvalue weighted by Gasteiger charge is -2.19. The monoisotopic (exact) mass is 402 g/mol. The van der Waals surface area contributed by atoms with Crippen molar-refractivity contribution in [1.29, 1.82) is 0 Å². The summed E-state index contributed by atoms with van der Waals surface area (Å²) in [5.41, 5.74) is 2.41. The average Bonchev–Trinajstić information content (AvgIpc) is 3.30. The molecule has 4 rings (SSSR count). The Labute approximate surface area is 165 Å². The molecule has 0 spiro atoms. The summed E-state index contributed by atoms with van der Waals surface area (Å²) in [5.74, 6) is 0.558. The second-order valence-corrected chi connectivity index (χ2v) is 7.11. The van der Waals surface area contributed by atoms with E-state index < -0.39 is 0 Å². The van der Waals surface area contributed by atoms with Gasteiger partial charge in [0.15, 0.2) is 12.4 Å². The van der Waals surface area contributed by atoms with Crippen LogP contribution >= 0.6 is 23.2 Å². The van der Waals surface area contributed by atoms with Gasteiger partial charge in [-0.15, -0.1) is 10.2 Å². The fourth-order valence-corrected chi connectivity index (χ4v) is 4.15. The van der Waals surface area contributed by atoms with Crippen molar-refractivity contribution in [3.63, 3.8) is 0 Å². The largest absolute Gasteiger partial charge is 0.484 e. The van der Waals surface area contributed by atoms with Crippen LogP contribution in [0.5, 0.6) is 5.75 Å². The molecule has 1 N–H and O–H groups in total. The molecule has 3 aromatic rings. The Morgan fingerprint density at radius 2 is 1.96 bits per heavy atom. The van der Waals surface area contributed by atoms with E-state index in [9.17, 15) is 4.79 Å². The number of aromatic nitrogens is 4. The number of nitrogens with zero attached hydrogens (tertiary/aromatic N) is 3. The number of ketones is 1. The standard InChI is InChI=1S/C19H16Cl2N4O2/c1-2-11-15(10-6-4-3-5-7-10)12-8-13(27-9-14-22-24-25-23-14)17(20)18(21)16(12)19(11)26/h3-8,11,15H,2,9H2,1H3,(H,22,23,24,25). The lowest BCUT2D eigenvalue weighted by atomic mass is 9.84. The summed E-state index contributed by atoms with van der Waals surface area (Å²) in [6.45, 7) is 2.10. The number of Topliss-reactive ketones (excluding diaryl/α,β-unsaturated/α-hetero) is 1. The van der Waals surface area contributed by atoms with Crippen LogP contribution < -0.4 is 4.74 Å². The molecule has 6 nitrogen and oxygen atoms in total. The Morgan fingerprint density at radius 3 is 2.63 bits per heavy atom. The second kappa shape index (κ2) is 7.29. The fraction of sp³-hybridized carbons (Fsp3) is 0.263. The zero-order valence-electron chi connectivity index (χ0n) is 14.4. The summed E-state index contributed by atoms with van der Waals surface area (Å²) < 4.78 is 5.76. The highest BCUT2D eigenvalue weighted by atomic mass is 35.5. The quantitative estimate of drug-likeness (QED) is 0.681. The van der Waals surface area contributed by atoms with Crippen molar-refractivity contribution in [3.8, 4) is 5.75 Å². The molecule has 0 fully saturated rings. The third-order valence-corrected chi connectivity index (χ3v) is 5.72. The van der Waals surface area contributed by atoms with Crippen molar-refractivity contribution >= 4 is 29.0 Å². The number of hydrogen-bond donors (Lipinski definition) is 1. The number of benzene rings is 2. The minimum Gasteiger partial charge on any atom is -0.484 e. The minimum atomic E-state index is -0.177. The Bertz CT molecular complexity index is 977. The topological polar surface area (TPSA) is 80.8 Å². The molecular formula is C19H16Cl2N4O2. The fourth-order valence-electron chi connectivity index (χ4n) is 3.65. The maximum atomic E-state index is 13.0. The second-order valence-electron chi connectivity index (χ2n) is 6.35. The van der Waals surface area contributed by atoms with E-state index >= 15 is 0 Å². The molecular weight excluding hydrogens is 387 g/mol. The van der Waals surface area contributed by atoms with Crippen LogP contribution in [0.15, 0.2) is 36.4 Å². The van der Waals surface area contributed by atoms with E-state index in [4.69, 9.17) is 27.9 Å². The lowest BCUT2D eigenvalue weighted by Crippen LogP contribution is -2.13. The summed E-state index contributed by atoms with van der Waals surface area (Å²) in [7, 11) is 0. The van der Waals surface area contributed by atoms with Crippen LogP contribution in [0.25, 0.3) is 0 Å². The molecule has 2 aromatic carbocycles. The number of carbonyl (C=O) groups is 1.